The summed E-state index contributed by atoms with van der Waals surface area (Å²) in [6, 6.07) is 5.66. The predicted octanol–water partition coefficient (Wildman–Crippen LogP) is 3.67. The van der Waals surface area contributed by atoms with Crippen LogP contribution < -0.4 is 14.8 Å². The first-order chi connectivity index (χ1) is 14.2. The summed E-state index contributed by atoms with van der Waals surface area (Å²) in [4.78, 5) is 16.9. The summed E-state index contributed by atoms with van der Waals surface area (Å²) < 4.78 is 11.2. The van der Waals surface area contributed by atoms with Crippen LogP contribution in [-0.2, 0) is 11.2 Å². The van der Waals surface area contributed by atoms with Gasteiger partial charge in [-0.05, 0) is 37.0 Å². The number of rotatable bonds is 8. The van der Waals surface area contributed by atoms with Gasteiger partial charge in [0.15, 0.2) is 11.5 Å². The average molecular weight is 417 g/mol. The van der Waals surface area contributed by atoms with Crippen molar-refractivity contribution in [3.05, 3.63) is 29.6 Å². The zero-order valence-electron chi connectivity index (χ0n) is 16.8. The molecule has 0 radical (unpaired) electrons. The van der Waals surface area contributed by atoms with Crippen LogP contribution in [0, 0.1) is 5.92 Å². The van der Waals surface area contributed by atoms with Gasteiger partial charge in [0, 0.05) is 6.42 Å². The van der Waals surface area contributed by atoms with Gasteiger partial charge < -0.3 is 14.8 Å². The van der Waals surface area contributed by atoms with E-state index in [-0.39, 0.29) is 17.7 Å². The summed E-state index contributed by atoms with van der Waals surface area (Å²) in [5.41, 5.74) is 0.986. The molecule has 8 heteroatoms. The van der Waals surface area contributed by atoms with Crippen LogP contribution in [0.4, 0.5) is 0 Å². The van der Waals surface area contributed by atoms with Crippen LogP contribution in [0.15, 0.2) is 23.4 Å². The SMILES string of the molecule is CC(NC(=O)CSc1n[nH]c(CCC2CCCC2)n1)c1ccc2c(c1)OCCO2. The molecule has 156 valence electrons. The maximum Gasteiger partial charge on any atom is 0.230 e. The highest BCUT2D eigenvalue weighted by atomic mass is 32.2. The average Bonchev–Trinajstić information content (AvgIpc) is 3.42. The van der Waals surface area contributed by atoms with Crippen LogP contribution in [-0.4, -0.2) is 40.1 Å². The molecule has 0 saturated heterocycles. The number of thioether (sulfide) groups is 1. The van der Waals surface area contributed by atoms with Crippen molar-refractivity contribution >= 4 is 17.7 Å². The van der Waals surface area contributed by atoms with Gasteiger partial charge >= 0.3 is 0 Å². The number of amides is 1. The van der Waals surface area contributed by atoms with Gasteiger partial charge in [0.2, 0.25) is 11.1 Å². The van der Waals surface area contributed by atoms with Crippen molar-refractivity contribution in [1.29, 1.82) is 0 Å². The van der Waals surface area contributed by atoms with Crippen molar-refractivity contribution in [1.82, 2.24) is 20.5 Å². The molecular weight excluding hydrogens is 388 g/mol. The first-order valence-corrected chi connectivity index (χ1v) is 11.4. The number of H-pyrrole nitrogens is 1. The Kier molecular flexibility index (Phi) is 6.59. The van der Waals surface area contributed by atoms with E-state index in [4.69, 9.17) is 9.47 Å². The van der Waals surface area contributed by atoms with Crippen molar-refractivity contribution in [2.45, 2.75) is 56.6 Å². The van der Waals surface area contributed by atoms with E-state index < -0.39 is 0 Å². The van der Waals surface area contributed by atoms with E-state index in [0.717, 1.165) is 35.2 Å². The number of ether oxygens (including phenoxy) is 2. The molecular formula is C21H28N4O3S. The first-order valence-electron chi connectivity index (χ1n) is 10.4. The van der Waals surface area contributed by atoms with Crippen molar-refractivity contribution in [2.75, 3.05) is 19.0 Å². The molecule has 1 fully saturated rings. The maximum atomic E-state index is 12.3. The van der Waals surface area contributed by atoms with Crippen LogP contribution >= 0.6 is 11.8 Å². The number of hydrogen-bond acceptors (Lipinski definition) is 6. The van der Waals surface area contributed by atoms with E-state index in [2.05, 4.69) is 20.5 Å². The van der Waals surface area contributed by atoms with Gasteiger partial charge in [-0.2, -0.15) is 0 Å². The summed E-state index contributed by atoms with van der Waals surface area (Å²) in [5.74, 6) is 3.48. The smallest absolute Gasteiger partial charge is 0.230 e. The molecule has 1 atom stereocenters. The Balaban J connectivity index is 1.22. The fourth-order valence-electron chi connectivity index (χ4n) is 3.92. The fraction of sp³-hybridized carbons (Fsp3) is 0.571. The molecule has 1 aliphatic heterocycles. The molecule has 1 aromatic carbocycles. The lowest BCUT2D eigenvalue weighted by Gasteiger charge is -2.21. The summed E-state index contributed by atoms with van der Waals surface area (Å²) in [6.45, 7) is 3.08. The largest absolute Gasteiger partial charge is 0.486 e. The quantitative estimate of drug-likeness (QED) is 0.638. The first kappa shape index (κ1) is 20.1. The van der Waals surface area contributed by atoms with Gasteiger partial charge in [-0.1, -0.05) is 43.5 Å². The monoisotopic (exact) mass is 416 g/mol. The molecule has 2 aromatic rings. The normalized spacial score (nSPS) is 17.3. The zero-order valence-corrected chi connectivity index (χ0v) is 17.6. The third-order valence-electron chi connectivity index (χ3n) is 5.55. The molecule has 7 nitrogen and oxygen atoms in total. The number of aromatic amines is 1. The second-order valence-electron chi connectivity index (χ2n) is 7.73. The van der Waals surface area contributed by atoms with Crippen LogP contribution in [0.5, 0.6) is 11.5 Å². The predicted molar refractivity (Wildman–Crippen MR) is 111 cm³/mol. The number of nitrogens with zero attached hydrogens (tertiary/aromatic N) is 2. The van der Waals surface area contributed by atoms with Gasteiger partial charge in [0.1, 0.15) is 19.0 Å². The Labute approximate surface area is 175 Å². The van der Waals surface area contributed by atoms with Crippen LogP contribution in [0.1, 0.15) is 56.5 Å². The Morgan fingerprint density at radius 2 is 2.07 bits per heavy atom. The van der Waals surface area contributed by atoms with Crippen molar-refractivity contribution in [2.24, 2.45) is 5.92 Å². The van der Waals surface area contributed by atoms with Gasteiger partial charge in [-0.15, -0.1) is 5.10 Å². The minimum Gasteiger partial charge on any atom is -0.486 e. The Bertz CT molecular complexity index is 835. The summed E-state index contributed by atoms with van der Waals surface area (Å²) in [7, 11) is 0. The molecule has 0 spiro atoms. The molecule has 4 rings (SSSR count). The molecule has 2 N–H and O–H groups in total. The number of fused-ring (bicyclic) bond motifs is 1. The summed E-state index contributed by atoms with van der Waals surface area (Å²) in [6.07, 6.45) is 7.53. The lowest BCUT2D eigenvalue weighted by Crippen LogP contribution is -2.28. The Morgan fingerprint density at radius 1 is 1.28 bits per heavy atom. The summed E-state index contributed by atoms with van der Waals surface area (Å²) >= 11 is 1.36. The lowest BCUT2D eigenvalue weighted by atomic mass is 10.0. The fourth-order valence-corrected chi connectivity index (χ4v) is 4.55. The van der Waals surface area contributed by atoms with Crippen LogP contribution in [0.25, 0.3) is 0 Å². The molecule has 1 amide bonds. The van der Waals surface area contributed by atoms with E-state index in [0.29, 0.717) is 18.4 Å². The second-order valence-corrected chi connectivity index (χ2v) is 8.68. The third-order valence-corrected chi connectivity index (χ3v) is 6.40. The standard InChI is InChI=1S/C21H28N4O3S/c1-14(16-7-8-17-18(12-16)28-11-10-27-17)22-20(26)13-29-21-23-19(24-25-21)9-6-15-4-2-3-5-15/h7-8,12,14-15H,2-6,9-11,13H2,1H3,(H,22,26)(H,23,24,25). The number of aromatic nitrogens is 3. The molecule has 1 aromatic heterocycles. The molecule has 1 aliphatic carbocycles. The highest BCUT2D eigenvalue weighted by Crippen LogP contribution is 2.32. The highest BCUT2D eigenvalue weighted by Gasteiger charge is 2.17. The van der Waals surface area contributed by atoms with Crippen molar-refractivity contribution < 1.29 is 14.3 Å². The van der Waals surface area contributed by atoms with Gasteiger partial charge in [-0.25, -0.2) is 4.98 Å². The number of carbonyl (C=O) groups excluding carboxylic acids is 1. The van der Waals surface area contributed by atoms with Gasteiger partial charge in [-0.3, -0.25) is 9.89 Å². The van der Waals surface area contributed by atoms with Crippen LogP contribution in [0.2, 0.25) is 0 Å². The number of nitrogens with one attached hydrogen (secondary N) is 2. The molecule has 0 bridgehead atoms. The van der Waals surface area contributed by atoms with E-state index in [1.165, 1.54) is 43.9 Å². The van der Waals surface area contributed by atoms with E-state index in [9.17, 15) is 4.79 Å². The molecule has 1 saturated carbocycles. The van der Waals surface area contributed by atoms with Crippen molar-refractivity contribution in [3.63, 3.8) is 0 Å². The Morgan fingerprint density at radius 3 is 2.90 bits per heavy atom. The molecule has 2 heterocycles. The van der Waals surface area contributed by atoms with Gasteiger partial charge in [0.25, 0.3) is 0 Å². The molecule has 2 aliphatic rings. The zero-order chi connectivity index (χ0) is 20.1. The minimum atomic E-state index is -0.118. The molecule has 29 heavy (non-hydrogen) atoms. The number of hydrogen-bond donors (Lipinski definition) is 2. The lowest BCUT2D eigenvalue weighted by molar-refractivity contribution is -0.119. The van der Waals surface area contributed by atoms with E-state index in [1.54, 1.807) is 0 Å². The number of aryl methyl sites for hydroxylation is 1. The number of benzene rings is 1. The van der Waals surface area contributed by atoms with E-state index >= 15 is 0 Å². The summed E-state index contributed by atoms with van der Waals surface area (Å²) in [5, 5.41) is 10.9. The highest BCUT2D eigenvalue weighted by molar-refractivity contribution is 7.99. The molecule has 1 unspecified atom stereocenters. The minimum absolute atomic E-state index is 0.0466. The third kappa shape index (κ3) is 5.44. The second kappa shape index (κ2) is 9.52. The van der Waals surface area contributed by atoms with Gasteiger partial charge in [0.05, 0.1) is 11.8 Å². The topological polar surface area (TPSA) is 89.1 Å². The van der Waals surface area contributed by atoms with Crippen LogP contribution in [0.3, 0.4) is 0 Å². The van der Waals surface area contributed by atoms with E-state index in [1.807, 2.05) is 25.1 Å². The maximum absolute atomic E-state index is 12.3. The number of carbonyl (C=O) groups is 1. The van der Waals surface area contributed by atoms with Crippen molar-refractivity contribution in [3.8, 4) is 11.5 Å². The Hall–Kier alpha value is -2.22.